The Bertz CT molecular complexity index is 826. The second-order valence-corrected chi connectivity index (χ2v) is 7.26. The third kappa shape index (κ3) is 2.93. The van der Waals surface area contributed by atoms with Crippen molar-refractivity contribution in [1.29, 1.82) is 0 Å². The molecule has 2 aliphatic carbocycles. The van der Waals surface area contributed by atoms with Crippen molar-refractivity contribution in [3.8, 4) is 0 Å². The van der Waals surface area contributed by atoms with Crippen LogP contribution in [0.2, 0.25) is 0 Å². The van der Waals surface area contributed by atoms with Crippen molar-refractivity contribution in [1.82, 2.24) is 10.2 Å². The highest BCUT2D eigenvalue weighted by Gasteiger charge is 2.59. The molecule has 0 radical (unpaired) electrons. The molecule has 5 atom stereocenters. The number of fused-ring (bicyclic) bond motifs is 5. The molecule has 1 saturated heterocycles. The number of hydrogen-bond acceptors (Lipinski definition) is 4. The quantitative estimate of drug-likeness (QED) is 0.591. The second kappa shape index (κ2) is 6.53. The minimum absolute atomic E-state index is 0.0692. The summed E-state index contributed by atoms with van der Waals surface area (Å²) in [4.78, 5) is 38.1. The molecule has 2 bridgehead atoms. The molecule has 3 aliphatic rings. The predicted molar refractivity (Wildman–Crippen MR) is 88.8 cm³/mol. The van der Waals surface area contributed by atoms with Crippen molar-refractivity contribution in [3.05, 3.63) is 47.5 Å². The van der Waals surface area contributed by atoms with Crippen molar-refractivity contribution in [2.45, 2.75) is 12.5 Å². The van der Waals surface area contributed by atoms with Gasteiger partial charge in [0, 0.05) is 6.54 Å². The molecule has 4 rings (SSSR count). The van der Waals surface area contributed by atoms with Crippen LogP contribution in [-0.4, -0.2) is 40.8 Å². The van der Waals surface area contributed by atoms with E-state index in [1.165, 1.54) is 6.07 Å². The van der Waals surface area contributed by atoms with Crippen molar-refractivity contribution < 1.29 is 28.3 Å². The minimum Gasteiger partial charge on any atom is -0.387 e. The Balaban J connectivity index is 1.34. The molecule has 1 aromatic rings. The Kier molecular flexibility index (Phi) is 4.30. The van der Waals surface area contributed by atoms with Gasteiger partial charge in [-0.2, -0.15) is 0 Å². The number of hydrogen-bond donors (Lipinski definition) is 2. The summed E-state index contributed by atoms with van der Waals surface area (Å²) < 4.78 is 26.1. The van der Waals surface area contributed by atoms with Gasteiger partial charge in [-0.25, -0.2) is 8.78 Å². The average molecular weight is 376 g/mol. The molecule has 2 fully saturated rings. The zero-order chi connectivity index (χ0) is 19.3. The van der Waals surface area contributed by atoms with E-state index in [4.69, 9.17) is 0 Å². The number of benzene rings is 1. The molecule has 27 heavy (non-hydrogen) atoms. The van der Waals surface area contributed by atoms with Crippen LogP contribution in [0.15, 0.2) is 30.4 Å². The molecule has 0 spiro atoms. The lowest BCUT2D eigenvalue weighted by molar-refractivity contribution is -0.144. The van der Waals surface area contributed by atoms with Gasteiger partial charge >= 0.3 is 0 Å². The Morgan fingerprint density at radius 1 is 1.15 bits per heavy atom. The minimum atomic E-state index is -1.24. The number of allylic oxidation sites excluding steroid dienone is 2. The van der Waals surface area contributed by atoms with E-state index in [0.717, 1.165) is 23.5 Å². The smallest absolute Gasteiger partial charge is 0.240 e. The first-order valence-electron chi connectivity index (χ1n) is 8.80. The van der Waals surface area contributed by atoms with Gasteiger partial charge in [0.15, 0.2) is 11.6 Å². The van der Waals surface area contributed by atoms with E-state index < -0.39 is 30.2 Å². The monoisotopic (exact) mass is 376 g/mol. The molecule has 3 amide bonds. The summed E-state index contributed by atoms with van der Waals surface area (Å²) in [7, 11) is 0. The zero-order valence-corrected chi connectivity index (χ0v) is 14.3. The number of imide groups is 1. The second-order valence-electron chi connectivity index (χ2n) is 7.26. The van der Waals surface area contributed by atoms with Gasteiger partial charge in [0.05, 0.1) is 17.9 Å². The van der Waals surface area contributed by atoms with E-state index in [-0.39, 0.29) is 47.6 Å². The summed E-state index contributed by atoms with van der Waals surface area (Å²) in [6, 6.07) is 2.95. The van der Waals surface area contributed by atoms with Crippen molar-refractivity contribution in [3.63, 3.8) is 0 Å². The van der Waals surface area contributed by atoms with Crippen molar-refractivity contribution in [2.75, 3.05) is 13.1 Å². The maximum absolute atomic E-state index is 13.2. The van der Waals surface area contributed by atoms with Crippen molar-refractivity contribution in [2.24, 2.45) is 23.7 Å². The van der Waals surface area contributed by atoms with Crippen molar-refractivity contribution >= 4 is 17.7 Å². The van der Waals surface area contributed by atoms with E-state index >= 15 is 0 Å². The maximum atomic E-state index is 13.2. The molecule has 1 heterocycles. The number of aliphatic hydroxyl groups excluding tert-OH is 1. The third-order valence-electron chi connectivity index (χ3n) is 5.68. The first-order valence-corrected chi connectivity index (χ1v) is 8.80. The van der Waals surface area contributed by atoms with Gasteiger partial charge in [-0.15, -0.1) is 0 Å². The Morgan fingerprint density at radius 3 is 2.37 bits per heavy atom. The van der Waals surface area contributed by atoms with Crippen LogP contribution in [0.3, 0.4) is 0 Å². The summed E-state index contributed by atoms with van der Waals surface area (Å²) in [6.07, 6.45) is 3.51. The van der Waals surface area contributed by atoms with Crippen LogP contribution in [0, 0.1) is 35.3 Å². The largest absolute Gasteiger partial charge is 0.387 e. The molecular weight excluding hydrogens is 358 g/mol. The van der Waals surface area contributed by atoms with Crippen LogP contribution in [0.25, 0.3) is 0 Å². The van der Waals surface area contributed by atoms with E-state index in [1.807, 2.05) is 12.2 Å². The lowest BCUT2D eigenvalue weighted by atomic mass is 9.85. The zero-order valence-electron chi connectivity index (χ0n) is 14.3. The molecule has 2 N–H and O–H groups in total. The number of nitrogens with one attached hydrogen (secondary N) is 1. The lowest BCUT2D eigenvalue weighted by Crippen LogP contribution is -2.42. The Hall–Kier alpha value is -2.61. The number of likely N-dealkylation sites (tertiary alicyclic amines) is 1. The first-order chi connectivity index (χ1) is 12.9. The normalized spacial score (nSPS) is 29.4. The third-order valence-corrected chi connectivity index (χ3v) is 5.68. The fraction of sp³-hybridized carbons (Fsp3) is 0.421. The fourth-order valence-corrected chi connectivity index (χ4v) is 4.37. The predicted octanol–water partition coefficient (Wildman–Crippen LogP) is 0.922. The molecule has 8 heteroatoms. The van der Waals surface area contributed by atoms with E-state index in [0.29, 0.717) is 0 Å². The van der Waals surface area contributed by atoms with Gasteiger partial charge in [0.1, 0.15) is 6.54 Å². The molecule has 142 valence electrons. The van der Waals surface area contributed by atoms with Gasteiger partial charge in [-0.1, -0.05) is 18.2 Å². The van der Waals surface area contributed by atoms with Gasteiger partial charge < -0.3 is 10.4 Å². The van der Waals surface area contributed by atoms with Gasteiger partial charge in [-0.05, 0) is 36.0 Å². The highest BCUT2D eigenvalue weighted by molar-refractivity contribution is 6.08. The molecule has 6 nitrogen and oxygen atoms in total. The number of nitrogens with zero attached hydrogens (tertiary/aromatic N) is 1. The number of amides is 3. The maximum Gasteiger partial charge on any atom is 0.240 e. The Labute approximate surface area is 153 Å². The molecule has 1 saturated carbocycles. The van der Waals surface area contributed by atoms with E-state index in [1.54, 1.807) is 0 Å². The van der Waals surface area contributed by atoms with Gasteiger partial charge in [0.2, 0.25) is 17.7 Å². The molecule has 1 aromatic carbocycles. The SMILES string of the molecule is O=C(CN1C(=O)[C@H]2[C@H](C1=O)[C@H]1C=C[C@H]2C1)NC[C@@H](O)c1ccc(F)c(F)c1. The number of halogens is 2. The summed E-state index contributed by atoms with van der Waals surface area (Å²) in [5, 5.41) is 12.4. The summed E-state index contributed by atoms with van der Waals surface area (Å²) in [5.41, 5.74) is 0.111. The molecule has 1 aliphatic heterocycles. The fourth-order valence-electron chi connectivity index (χ4n) is 4.37. The summed E-state index contributed by atoms with van der Waals surface area (Å²) in [5.74, 6) is -3.97. The van der Waals surface area contributed by atoms with E-state index in [2.05, 4.69) is 5.32 Å². The lowest BCUT2D eigenvalue weighted by Gasteiger charge is -2.18. The number of carbonyl (C=O) groups excluding carboxylic acids is 3. The number of rotatable bonds is 5. The van der Waals surface area contributed by atoms with Crippen LogP contribution in [0.5, 0.6) is 0 Å². The van der Waals surface area contributed by atoms with Crippen LogP contribution in [-0.2, 0) is 14.4 Å². The molecular formula is C19H18F2N2O4. The average Bonchev–Trinajstić information content (AvgIpc) is 3.32. The van der Waals surface area contributed by atoms with Crippen LogP contribution >= 0.6 is 0 Å². The first kappa shape index (κ1) is 17.8. The summed E-state index contributed by atoms with van der Waals surface area (Å²) >= 11 is 0. The van der Waals surface area contributed by atoms with Gasteiger partial charge in [-0.3, -0.25) is 19.3 Å². The Morgan fingerprint density at radius 2 is 1.78 bits per heavy atom. The highest BCUT2D eigenvalue weighted by atomic mass is 19.2. The molecule has 0 unspecified atom stereocenters. The highest BCUT2D eigenvalue weighted by Crippen LogP contribution is 2.52. The topological polar surface area (TPSA) is 86.7 Å². The van der Waals surface area contributed by atoms with E-state index in [9.17, 15) is 28.3 Å². The van der Waals surface area contributed by atoms with Crippen LogP contribution in [0.1, 0.15) is 18.1 Å². The molecule has 0 aromatic heterocycles. The van der Waals surface area contributed by atoms with Crippen LogP contribution < -0.4 is 5.32 Å². The number of carbonyl (C=O) groups is 3. The summed E-state index contributed by atoms with van der Waals surface area (Å²) in [6.45, 7) is -0.658. The standard InChI is InChI=1S/C19H18F2N2O4/c20-12-4-3-9(6-13(12)21)14(24)7-22-15(25)8-23-18(26)16-10-1-2-11(5-10)17(16)19(23)27/h1-4,6,10-11,14,16-17,24H,5,7-8H2,(H,22,25)/t10-,11-,14+,16+,17+/m0/s1. The van der Waals surface area contributed by atoms with Gasteiger partial charge in [0.25, 0.3) is 0 Å². The number of aliphatic hydroxyl groups is 1. The van der Waals surface area contributed by atoms with Crippen LogP contribution in [0.4, 0.5) is 8.78 Å².